The minimum atomic E-state index is -4.57. The Labute approximate surface area is 138 Å². The average molecular weight is 340 g/mol. The molecule has 2 rings (SSSR count). The van der Waals surface area contributed by atoms with Gasteiger partial charge in [0.05, 0.1) is 5.56 Å². The van der Waals surface area contributed by atoms with Crippen LogP contribution in [0.1, 0.15) is 37.9 Å². The number of alkyl halides is 3. The zero-order chi connectivity index (χ0) is 17.9. The third-order valence-corrected chi connectivity index (χ3v) is 3.88. The topological polar surface area (TPSA) is 69.0 Å². The maximum atomic E-state index is 12.9. The zero-order valence-corrected chi connectivity index (χ0v) is 13.5. The van der Waals surface area contributed by atoms with Crippen molar-refractivity contribution in [1.29, 1.82) is 5.26 Å². The van der Waals surface area contributed by atoms with Crippen molar-refractivity contribution in [3.63, 3.8) is 0 Å². The maximum Gasteiger partial charge on any atom is 0.433 e. The molecule has 1 aliphatic rings. The number of pyridine rings is 1. The summed E-state index contributed by atoms with van der Waals surface area (Å²) in [5.41, 5.74) is -0.927. The summed E-state index contributed by atoms with van der Waals surface area (Å²) >= 11 is 0. The van der Waals surface area contributed by atoms with E-state index in [2.05, 4.69) is 10.3 Å². The van der Waals surface area contributed by atoms with Crippen molar-refractivity contribution in [3.8, 4) is 6.07 Å². The van der Waals surface area contributed by atoms with E-state index in [1.165, 1.54) is 0 Å². The van der Waals surface area contributed by atoms with Gasteiger partial charge in [0.15, 0.2) is 0 Å². The quantitative estimate of drug-likeness (QED) is 0.919. The third kappa shape index (κ3) is 4.16. The van der Waals surface area contributed by atoms with E-state index in [0.29, 0.717) is 19.5 Å². The molecule has 1 aliphatic heterocycles. The highest BCUT2D eigenvalue weighted by molar-refractivity contribution is 5.78. The zero-order valence-electron chi connectivity index (χ0n) is 13.5. The fraction of sp³-hybridized carbons (Fsp3) is 0.562. The Morgan fingerprint density at radius 1 is 1.46 bits per heavy atom. The highest BCUT2D eigenvalue weighted by atomic mass is 19.4. The first-order valence-electron chi connectivity index (χ1n) is 7.76. The SMILES string of the molecule is CC(C)C(=O)N[C@H]1CCCN(c2nc(C(F)(F)F)ccc2C#N)C1. The van der Waals surface area contributed by atoms with Crippen molar-refractivity contribution >= 4 is 11.7 Å². The van der Waals surface area contributed by atoms with Gasteiger partial charge in [-0.2, -0.15) is 18.4 Å². The standard InChI is InChI=1S/C16H19F3N4O/c1-10(2)15(24)21-12-4-3-7-23(9-12)14-11(8-20)5-6-13(22-14)16(17,18)19/h5-6,10,12H,3-4,7,9H2,1-2H3,(H,21,24)/t12-/m0/s1. The molecular formula is C16H19F3N4O. The lowest BCUT2D eigenvalue weighted by atomic mass is 10.0. The Morgan fingerprint density at radius 3 is 2.75 bits per heavy atom. The Balaban J connectivity index is 2.23. The van der Waals surface area contributed by atoms with E-state index in [4.69, 9.17) is 5.26 Å². The van der Waals surface area contributed by atoms with Crippen LogP contribution in [0.25, 0.3) is 0 Å². The molecule has 0 bridgehead atoms. The number of aromatic nitrogens is 1. The number of carbonyl (C=O) groups is 1. The van der Waals surface area contributed by atoms with Gasteiger partial charge in [-0.25, -0.2) is 4.98 Å². The lowest BCUT2D eigenvalue weighted by molar-refractivity contribution is -0.141. The van der Waals surface area contributed by atoms with Gasteiger partial charge in [0, 0.05) is 25.0 Å². The second-order valence-corrected chi connectivity index (χ2v) is 6.13. The smallest absolute Gasteiger partial charge is 0.353 e. The molecule has 0 aromatic carbocycles. The van der Waals surface area contributed by atoms with Gasteiger partial charge in [-0.15, -0.1) is 0 Å². The lowest BCUT2D eigenvalue weighted by Gasteiger charge is -2.34. The second-order valence-electron chi connectivity index (χ2n) is 6.13. The van der Waals surface area contributed by atoms with Crippen LogP contribution in [0.4, 0.5) is 19.0 Å². The summed E-state index contributed by atoms with van der Waals surface area (Å²) in [7, 11) is 0. The fourth-order valence-corrected chi connectivity index (χ4v) is 2.59. The van der Waals surface area contributed by atoms with E-state index in [1.807, 2.05) is 6.07 Å². The van der Waals surface area contributed by atoms with Crippen molar-refractivity contribution < 1.29 is 18.0 Å². The largest absolute Gasteiger partial charge is 0.433 e. The molecule has 0 aliphatic carbocycles. The molecule has 0 unspecified atom stereocenters. The highest BCUT2D eigenvalue weighted by Crippen LogP contribution is 2.31. The number of nitriles is 1. The summed E-state index contributed by atoms with van der Waals surface area (Å²) < 4.78 is 38.7. The summed E-state index contributed by atoms with van der Waals surface area (Å²) in [4.78, 5) is 17.1. The lowest BCUT2D eigenvalue weighted by Crippen LogP contribution is -2.49. The van der Waals surface area contributed by atoms with Crippen molar-refractivity contribution in [1.82, 2.24) is 10.3 Å². The van der Waals surface area contributed by atoms with Gasteiger partial charge in [0.25, 0.3) is 0 Å². The molecule has 130 valence electrons. The molecule has 1 aromatic rings. The number of anilines is 1. The van der Waals surface area contributed by atoms with Gasteiger partial charge < -0.3 is 10.2 Å². The van der Waals surface area contributed by atoms with Crippen molar-refractivity contribution in [3.05, 3.63) is 23.4 Å². The van der Waals surface area contributed by atoms with Gasteiger partial charge in [-0.1, -0.05) is 13.8 Å². The summed E-state index contributed by atoms with van der Waals surface area (Å²) in [5.74, 6) is -0.239. The summed E-state index contributed by atoms with van der Waals surface area (Å²) in [5, 5.41) is 12.0. The molecule has 1 amide bonds. The van der Waals surface area contributed by atoms with Gasteiger partial charge in [0.2, 0.25) is 5.91 Å². The van der Waals surface area contributed by atoms with Crippen LogP contribution < -0.4 is 10.2 Å². The Morgan fingerprint density at radius 2 is 2.17 bits per heavy atom. The number of carbonyl (C=O) groups excluding carboxylic acids is 1. The Kier molecular flexibility index (Phi) is 5.32. The molecule has 5 nitrogen and oxygen atoms in total. The van der Waals surface area contributed by atoms with Crippen LogP contribution in [-0.4, -0.2) is 30.0 Å². The van der Waals surface area contributed by atoms with Gasteiger partial charge in [-0.3, -0.25) is 4.79 Å². The summed E-state index contributed by atoms with van der Waals surface area (Å²) in [6, 6.07) is 3.67. The number of piperidine rings is 1. The molecule has 24 heavy (non-hydrogen) atoms. The first kappa shape index (κ1) is 18.0. The number of hydrogen-bond acceptors (Lipinski definition) is 4. The summed E-state index contributed by atoms with van der Waals surface area (Å²) in [6.07, 6.45) is -3.12. The molecule has 1 atom stereocenters. The van der Waals surface area contributed by atoms with Crippen LogP contribution in [0.2, 0.25) is 0 Å². The monoisotopic (exact) mass is 340 g/mol. The van der Waals surface area contributed by atoms with Crippen molar-refractivity contribution in [2.45, 2.75) is 38.9 Å². The van der Waals surface area contributed by atoms with Crippen molar-refractivity contribution in [2.24, 2.45) is 5.92 Å². The highest BCUT2D eigenvalue weighted by Gasteiger charge is 2.34. The average Bonchev–Trinajstić information content (AvgIpc) is 2.53. The first-order chi connectivity index (χ1) is 11.2. The van der Waals surface area contributed by atoms with E-state index >= 15 is 0 Å². The van der Waals surface area contributed by atoms with Crippen molar-refractivity contribution in [2.75, 3.05) is 18.0 Å². The predicted octanol–water partition coefficient (Wildman–Crippen LogP) is 2.71. The van der Waals surface area contributed by atoms with Gasteiger partial charge in [-0.05, 0) is 25.0 Å². The number of nitrogens with one attached hydrogen (secondary N) is 1. The molecule has 0 spiro atoms. The van der Waals surface area contributed by atoms with E-state index < -0.39 is 11.9 Å². The summed E-state index contributed by atoms with van der Waals surface area (Å²) in [6.45, 7) is 4.38. The van der Waals surface area contributed by atoms with E-state index in [9.17, 15) is 18.0 Å². The number of hydrogen-bond donors (Lipinski definition) is 1. The van der Waals surface area contributed by atoms with Gasteiger partial charge >= 0.3 is 6.18 Å². The third-order valence-electron chi connectivity index (χ3n) is 3.88. The second kappa shape index (κ2) is 7.07. The number of amides is 1. The van der Waals surface area contributed by atoms with Crippen LogP contribution in [0.5, 0.6) is 0 Å². The number of rotatable bonds is 3. The van der Waals surface area contributed by atoms with Crippen LogP contribution in [0, 0.1) is 17.2 Å². The fourth-order valence-electron chi connectivity index (χ4n) is 2.59. The van der Waals surface area contributed by atoms with E-state index in [-0.39, 0.29) is 29.2 Å². The minimum Gasteiger partial charge on any atom is -0.353 e. The molecule has 8 heteroatoms. The van der Waals surface area contributed by atoms with Crippen LogP contribution in [0.3, 0.4) is 0 Å². The number of nitrogens with zero attached hydrogens (tertiary/aromatic N) is 3. The molecule has 0 radical (unpaired) electrons. The molecule has 1 saturated heterocycles. The number of halogens is 3. The first-order valence-corrected chi connectivity index (χ1v) is 7.76. The normalized spacial score (nSPS) is 18.4. The Hall–Kier alpha value is -2.30. The molecular weight excluding hydrogens is 321 g/mol. The predicted molar refractivity (Wildman–Crippen MR) is 82.2 cm³/mol. The minimum absolute atomic E-state index is 0.0239. The molecule has 1 N–H and O–H groups in total. The Bertz CT molecular complexity index is 652. The van der Waals surface area contributed by atoms with E-state index in [1.54, 1.807) is 18.7 Å². The molecule has 1 aromatic heterocycles. The van der Waals surface area contributed by atoms with Gasteiger partial charge in [0.1, 0.15) is 17.6 Å². The van der Waals surface area contributed by atoms with Crippen LogP contribution in [0.15, 0.2) is 12.1 Å². The molecule has 2 heterocycles. The molecule has 0 saturated carbocycles. The van der Waals surface area contributed by atoms with Crippen LogP contribution >= 0.6 is 0 Å². The van der Waals surface area contributed by atoms with E-state index in [0.717, 1.165) is 18.6 Å². The van der Waals surface area contributed by atoms with Crippen LogP contribution in [-0.2, 0) is 11.0 Å². The molecule has 1 fully saturated rings. The maximum absolute atomic E-state index is 12.9.